The van der Waals surface area contributed by atoms with Crippen LogP contribution in [-0.2, 0) is 4.79 Å². The highest BCUT2D eigenvalue weighted by molar-refractivity contribution is 5.79. The first-order valence-electron chi connectivity index (χ1n) is 5.31. The van der Waals surface area contributed by atoms with E-state index in [0.717, 1.165) is 19.5 Å². The van der Waals surface area contributed by atoms with E-state index in [1.54, 1.807) is 0 Å². The molecule has 0 aliphatic carbocycles. The molecule has 0 aromatic heterocycles. The molecular formula is C10H20N2O2. The second-order valence-corrected chi connectivity index (χ2v) is 4.04. The van der Waals surface area contributed by atoms with Crippen LogP contribution in [0.3, 0.4) is 0 Å². The minimum Gasteiger partial charge on any atom is -0.394 e. The molecule has 1 heterocycles. The van der Waals surface area contributed by atoms with Crippen molar-refractivity contribution in [2.24, 2.45) is 11.8 Å². The number of aliphatic hydroxyl groups excluding tert-OH is 1. The van der Waals surface area contributed by atoms with E-state index in [1.165, 1.54) is 0 Å². The first-order valence-corrected chi connectivity index (χ1v) is 5.31. The summed E-state index contributed by atoms with van der Waals surface area (Å²) in [6.07, 6.45) is 0.775. The first kappa shape index (κ1) is 11.5. The van der Waals surface area contributed by atoms with Crippen LogP contribution in [0.15, 0.2) is 0 Å². The first-order chi connectivity index (χ1) is 6.69. The van der Waals surface area contributed by atoms with Crippen molar-refractivity contribution in [3.05, 3.63) is 0 Å². The van der Waals surface area contributed by atoms with Gasteiger partial charge < -0.3 is 15.7 Å². The van der Waals surface area contributed by atoms with Gasteiger partial charge in [0.15, 0.2) is 0 Å². The van der Waals surface area contributed by atoms with Gasteiger partial charge in [0.1, 0.15) is 0 Å². The highest BCUT2D eigenvalue weighted by Gasteiger charge is 2.30. The lowest BCUT2D eigenvalue weighted by atomic mass is 9.97. The molecule has 1 saturated heterocycles. The Hall–Kier alpha value is -0.610. The molecule has 14 heavy (non-hydrogen) atoms. The lowest BCUT2D eigenvalue weighted by Crippen LogP contribution is -2.42. The molecule has 3 N–H and O–H groups in total. The normalized spacial score (nSPS) is 28.8. The zero-order valence-corrected chi connectivity index (χ0v) is 8.92. The van der Waals surface area contributed by atoms with E-state index in [0.29, 0.717) is 5.92 Å². The lowest BCUT2D eigenvalue weighted by molar-refractivity contribution is -0.126. The molecule has 1 aliphatic rings. The van der Waals surface area contributed by atoms with Crippen molar-refractivity contribution in [3.8, 4) is 0 Å². The zero-order chi connectivity index (χ0) is 10.6. The van der Waals surface area contributed by atoms with Crippen molar-refractivity contribution in [3.63, 3.8) is 0 Å². The molecular weight excluding hydrogens is 180 g/mol. The van der Waals surface area contributed by atoms with Crippen LogP contribution in [0, 0.1) is 11.8 Å². The van der Waals surface area contributed by atoms with Gasteiger partial charge >= 0.3 is 0 Å². The summed E-state index contributed by atoms with van der Waals surface area (Å²) < 4.78 is 0. The molecule has 0 aromatic rings. The van der Waals surface area contributed by atoms with Gasteiger partial charge in [0.2, 0.25) is 5.91 Å². The Morgan fingerprint density at radius 3 is 2.79 bits per heavy atom. The fraction of sp³-hybridized carbons (Fsp3) is 0.900. The van der Waals surface area contributed by atoms with Gasteiger partial charge in [0.05, 0.1) is 18.6 Å². The van der Waals surface area contributed by atoms with Gasteiger partial charge in [-0.25, -0.2) is 0 Å². The van der Waals surface area contributed by atoms with Gasteiger partial charge in [-0.15, -0.1) is 0 Å². The van der Waals surface area contributed by atoms with Crippen molar-refractivity contribution in [1.82, 2.24) is 10.6 Å². The quantitative estimate of drug-likeness (QED) is 0.585. The van der Waals surface area contributed by atoms with Crippen LogP contribution in [0.25, 0.3) is 0 Å². The SMILES string of the molecule is CCC(CO)NC(=O)C1CNCC1C. The van der Waals surface area contributed by atoms with Crippen molar-refractivity contribution < 1.29 is 9.90 Å². The van der Waals surface area contributed by atoms with Crippen LogP contribution >= 0.6 is 0 Å². The molecule has 82 valence electrons. The van der Waals surface area contributed by atoms with Crippen molar-refractivity contribution in [2.75, 3.05) is 19.7 Å². The number of carbonyl (C=O) groups excluding carboxylic acids is 1. The summed E-state index contributed by atoms with van der Waals surface area (Å²) in [5.41, 5.74) is 0. The molecule has 0 bridgehead atoms. The summed E-state index contributed by atoms with van der Waals surface area (Å²) in [4.78, 5) is 11.7. The van der Waals surface area contributed by atoms with Crippen molar-refractivity contribution in [2.45, 2.75) is 26.3 Å². The summed E-state index contributed by atoms with van der Waals surface area (Å²) in [6.45, 7) is 5.72. The molecule has 3 atom stereocenters. The Morgan fingerprint density at radius 1 is 1.64 bits per heavy atom. The maximum atomic E-state index is 11.7. The maximum absolute atomic E-state index is 11.7. The minimum absolute atomic E-state index is 0.0246. The number of carbonyl (C=O) groups is 1. The summed E-state index contributed by atoms with van der Waals surface area (Å²) >= 11 is 0. The molecule has 3 unspecified atom stereocenters. The molecule has 1 rings (SSSR count). The number of nitrogens with one attached hydrogen (secondary N) is 2. The molecule has 0 spiro atoms. The Kier molecular flexibility index (Phi) is 4.35. The van der Waals surface area contributed by atoms with E-state index < -0.39 is 0 Å². The number of hydrogen-bond acceptors (Lipinski definition) is 3. The fourth-order valence-corrected chi connectivity index (χ4v) is 1.75. The Bertz CT molecular complexity index is 193. The van der Waals surface area contributed by atoms with E-state index in [1.807, 2.05) is 6.92 Å². The standard InChI is InChI=1S/C10H20N2O2/c1-3-8(6-13)12-10(14)9-5-11-4-7(9)2/h7-9,11,13H,3-6H2,1-2H3,(H,12,14). The minimum atomic E-state index is -0.0877. The third-order valence-corrected chi connectivity index (χ3v) is 2.91. The number of rotatable bonds is 4. The number of hydrogen-bond donors (Lipinski definition) is 3. The van der Waals surface area contributed by atoms with Gasteiger partial charge in [-0.2, -0.15) is 0 Å². The van der Waals surface area contributed by atoms with Crippen LogP contribution in [-0.4, -0.2) is 36.8 Å². The number of aliphatic hydroxyl groups is 1. The van der Waals surface area contributed by atoms with E-state index in [4.69, 9.17) is 5.11 Å². The Balaban J connectivity index is 2.40. The van der Waals surface area contributed by atoms with Crippen LogP contribution in [0.1, 0.15) is 20.3 Å². The molecule has 0 saturated carbocycles. The third kappa shape index (κ3) is 2.69. The van der Waals surface area contributed by atoms with Crippen molar-refractivity contribution >= 4 is 5.91 Å². The van der Waals surface area contributed by atoms with E-state index in [-0.39, 0.29) is 24.5 Å². The van der Waals surface area contributed by atoms with Gasteiger partial charge in [-0.3, -0.25) is 4.79 Å². The third-order valence-electron chi connectivity index (χ3n) is 2.91. The average Bonchev–Trinajstić information content (AvgIpc) is 2.60. The highest BCUT2D eigenvalue weighted by atomic mass is 16.3. The van der Waals surface area contributed by atoms with Gasteiger partial charge in [0.25, 0.3) is 0 Å². The Labute approximate surface area is 85.1 Å². The predicted molar refractivity (Wildman–Crippen MR) is 54.8 cm³/mol. The summed E-state index contributed by atoms with van der Waals surface area (Å²) in [5, 5.41) is 15.0. The van der Waals surface area contributed by atoms with Crippen LogP contribution < -0.4 is 10.6 Å². The van der Waals surface area contributed by atoms with Crippen molar-refractivity contribution in [1.29, 1.82) is 0 Å². The largest absolute Gasteiger partial charge is 0.394 e. The molecule has 1 aliphatic heterocycles. The van der Waals surface area contributed by atoms with Crippen LogP contribution in [0.5, 0.6) is 0 Å². The summed E-state index contributed by atoms with van der Waals surface area (Å²) in [5.74, 6) is 0.533. The van der Waals surface area contributed by atoms with E-state index in [9.17, 15) is 4.79 Å². The fourth-order valence-electron chi connectivity index (χ4n) is 1.75. The topological polar surface area (TPSA) is 61.4 Å². The lowest BCUT2D eigenvalue weighted by Gasteiger charge is -2.19. The van der Waals surface area contributed by atoms with Crippen LogP contribution in [0.2, 0.25) is 0 Å². The summed E-state index contributed by atoms with van der Waals surface area (Å²) in [6, 6.07) is -0.0877. The van der Waals surface area contributed by atoms with Gasteiger partial charge in [-0.05, 0) is 18.9 Å². The zero-order valence-electron chi connectivity index (χ0n) is 8.92. The smallest absolute Gasteiger partial charge is 0.225 e. The summed E-state index contributed by atoms with van der Waals surface area (Å²) in [7, 11) is 0. The van der Waals surface area contributed by atoms with E-state index in [2.05, 4.69) is 17.6 Å². The van der Waals surface area contributed by atoms with Gasteiger partial charge in [-0.1, -0.05) is 13.8 Å². The Morgan fingerprint density at radius 2 is 2.36 bits per heavy atom. The molecule has 4 nitrogen and oxygen atoms in total. The maximum Gasteiger partial charge on any atom is 0.225 e. The second-order valence-electron chi connectivity index (χ2n) is 4.04. The second kappa shape index (κ2) is 5.32. The molecule has 0 radical (unpaired) electrons. The predicted octanol–water partition coefficient (Wildman–Crippen LogP) is -0.271. The molecule has 0 aromatic carbocycles. The highest BCUT2D eigenvalue weighted by Crippen LogP contribution is 2.15. The van der Waals surface area contributed by atoms with Crippen LogP contribution in [0.4, 0.5) is 0 Å². The average molecular weight is 200 g/mol. The molecule has 1 amide bonds. The molecule has 4 heteroatoms. The van der Waals surface area contributed by atoms with Gasteiger partial charge in [0, 0.05) is 6.54 Å². The van der Waals surface area contributed by atoms with E-state index >= 15 is 0 Å². The monoisotopic (exact) mass is 200 g/mol. The number of amides is 1. The molecule has 1 fully saturated rings.